The highest BCUT2D eigenvalue weighted by atomic mass is 19.4. The van der Waals surface area contributed by atoms with E-state index in [-0.39, 0.29) is 5.82 Å². The van der Waals surface area contributed by atoms with Crippen LogP contribution < -0.4 is 0 Å². The summed E-state index contributed by atoms with van der Waals surface area (Å²) in [6, 6.07) is 6.00. The molecule has 0 saturated heterocycles. The molecule has 2 aliphatic rings. The summed E-state index contributed by atoms with van der Waals surface area (Å²) in [5.74, 6) is -4.04. The van der Waals surface area contributed by atoms with E-state index in [0.717, 1.165) is 23.8 Å². The lowest BCUT2D eigenvalue weighted by atomic mass is 9.58. The monoisotopic (exact) mass is 508 g/mol. The Bertz CT molecular complexity index is 1120. The van der Waals surface area contributed by atoms with E-state index < -0.39 is 35.3 Å². The number of aliphatic carboxylic acids is 1. The SMILES string of the molecule is C[C@]12Cn3cnc(-c4ccc(F)cc4)c3C=C1CCC[C@@H]2[C@](C)(O)C(F)(F)F.O=C(O)C(F)(F)F. The summed E-state index contributed by atoms with van der Waals surface area (Å²) in [6.07, 6.45) is -4.66. The van der Waals surface area contributed by atoms with Crippen molar-refractivity contribution >= 4 is 12.0 Å². The molecule has 0 unspecified atom stereocenters. The van der Waals surface area contributed by atoms with Crippen molar-refractivity contribution in [2.45, 2.75) is 57.6 Å². The first-order chi connectivity index (χ1) is 16.0. The number of carbonyl (C=O) groups is 1. The second-order valence-corrected chi connectivity index (χ2v) is 9.09. The van der Waals surface area contributed by atoms with Crippen molar-refractivity contribution in [1.82, 2.24) is 9.55 Å². The van der Waals surface area contributed by atoms with Crippen LogP contribution in [0.5, 0.6) is 0 Å². The molecular formula is C23H23F7N2O3. The number of allylic oxidation sites excluding steroid dienone is 1. The van der Waals surface area contributed by atoms with Gasteiger partial charge in [-0.3, -0.25) is 0 Å². The minimum Gasteiger partial charge on any atom is -0.475 e. The first-order valence-electron chi connectivity index (χ1n) is 10.6. The molecule has 5 nitrogen and oxygen atoms in total. The third-order valence-electron chi connectivity index (χ3n) is 6.74. The average molecular weight is 508 g/mol. The molecule has 1 aliphatic heterocycles. The number of halogens is 7. The van der Waals surface area contributed by atoms with Gasteiger partial charge < -0.3 is 14.8 Å². The van der Waals surface area contributed by atoms with Crippen LogP contribution in [0.15, 0.2) is 36.2 Å². The Hall–Kier alpha value is -2.89. The highest BCUT2D eigenvalue weighted by molar-refractivity contribution is 5.73. The molecule has 0 amide bonds. The molecule has 12 heteroatoms. The van der Waals surface area contributed by atoms with Crippen molar-refractivity contribution in [3.8, 4) is 11.3 Å². The molecule has 2 aromatic rings. The fourth-order valence-corrected chi connectivity index (χ4v) is 4.89. The van der Waals surface area contributed by atoms with Crippen LogP contribution in [0.25, 0.3) is 17.3 Å². The van der Waals surface area contributed by atoms with Gasteiger partial charge in [0.2, 0.25) is 0 Å². The van der Waals surface area contributed by atoms with Crippen molar-refractivity contribution in [3.63, 3.8) is 0 Å². The van der Waals surface area contributed by atoms with E-state index in [1.54, 1.807) is 18.5 Å². The Morgan fingerprint density at radius 2 is 1.71 bits per heavy atom. The van der Waals surface area contributed by atoms with Crippen LogP contribution in [0.4, 0.5) is 30.7 Å². The minimum atomic E-state index is -5.08. The number of hydrogen-bond donors (Lipinski definition) is 2. The van der Waals surface area contributed by atoms with Gasteiger partial charge in [0.1, 0.15) is 5.82 Å². The lowest BCUT2D eigenvalue weighted by Crippen LogP contribution is -2.57. The van der Waals surface area contributed by atoms with Crippen LogP contribution in [0.3, 0.4) is 0 Å². The van der Waals surface area contributed by atoms with Gasteiger partial charge in [0.15, 0.2) is 5.60 Å². The number of nitrogens with zero attached hydrogens (tertiary/aromatic N) is 2. The van der Waals surface area contributed by atoms with Crippen molar-refractivity contribution in [1.29, 1.82) is 0 Å². The van der Waals surface area contributed by atoms with Crippen molar-refractivity contribution in [3.05, 3.63) is 47.7 Å². The van der Waals surface area contributed by atoms with Crippen LogP contribution >= 0.6 is 0 Å². The van der Waals surface area contributed by atoms with E-state index in [1.165, 1.54) is 12.1 Å². The summed E-state index contributed by atoms with van der Waals surface area (Å²) >= 11 is 0. The first kappa shape index (κ1) is 26.7. The summed E-state index contributed by atoms with van der Waals surface area (Å²) in [5, 5.41) is 17.5. The predicted octanol–water partition coefficient (Wildman–Crippen LogP) is 5.84. The summed E-state index contributed by atoms with van der Waals surface area (Å²) in [5.41, 5.74) is -0.426. The normalized spacial score (nSPS) is 23.7. The molecule has 0 radical (unpaired) electrons. The Kier molecular flexibility index (Phi) is 6.84. The zero-order chi connectivity index (χ0) is 26.4. The van der Waals surface area contributed by atoms with Crippen LogP contribution in [0, 0.1) is 17.2 Å². The number of benzene rings is 1. The molecule has 1 aromatic carbocycles. The number of carboxylic acids is 1. The second-order valence-electron chi connectivity index (χ2n) is 9.09. The molecule has 1 saturated carbocycles. The quantitative estimate of drug-likeness (QED) is 0.500. The number of aromatic nitrogens is 2. The number of imidazole rings is 1. The molecule has 0 bridgehead atoms. The summed E-state index contributed by atoms with van der Waals surface area (Å²) in [6.45, 7) is 3.02. The number of carboxylic acid groups (broad SMARTS) is 1. The van der Waals surface area contributed by atoms with Gasteiger partial charge in [-0.1, -0.05) is 12.5 Å². The van der Waals surface area contributed by atoms with Gasteiger partial charge >= 0.3 is 18.3 Å². The lowest BCUT2D eigenvalue weighted by molar-refractivity contribution is -0.285. The van der Waals surface area contributed by atoms with E-state index in [0.29, 0.717) is 31.5 Å². The van der Waals surface area contributed by atoms with Gasteiger partial charge in [-0.2, -0.15) is 26.3 Å². The molecule has 2 N–H and O–H groups in total. The molecule has 1 fully saturated rings. The van der Waals surface area contributed by atoms with Crippen LogP contribution in [-0.2, 0) is 11.3 Å². The minimum absolute atomic E-state index is 0.315. The first-order valence-corrected chi connectivity index (χ1v) is 10.6. The molecule has 2 heterocycles. The third-order valence-corrected chi connectivity index (χ3v) is 6.74. The van der Waals surface area contributed by atoms with Gasteiger partial charge in [0, 0.05) is 23.4 Å². The molecule has 0 spiro atoms. The van der Waals surface area contributed by atoms with E-state index in [2.05, 4.69) is 4.98 Å². The second kappa shape index (κ2) is 8.96. The molecule has 1 aromatic heterocycles. The van der Waals surface area contributed by atoms with Gasteiger partial charge in [-0.25, -0.2) is 14.2 Å². The van der Waals surface area contributed by atoms with E-state index in [9.17, 15) is 35.8 Å². The van der Waals surface area contributed by atoms with Crippen LogP contribution in [0.2, 0.25) is 0 Å². The zero-order valence-electron chi connectivity index (χ0n) is 18.7. The number of alkyl halides is 6. The average Bonchev–Trinajstić information content (AvgIpc) is 3.12. The van der Waals surface area contributed by atoms with Gasteiger partial charge in [-0.15, -0.1) is 0 Å². The lowest BCUT2D eigenvalue weighted by Gasteiger charge is -2.51. The molecule has 192 valence electrons. The molecular weight excluding hydrogens is 485 g/mol. The fourth-order valence-electron chi connectivity index (χ4n) is 4.89. The number of rotatable bonds is 2. The van der Waals surface area contributed by atoms with Gasteiger partial charge in [0.25, 0.3) is 0 Å². The third kappa shape index (κ3) is 5.07. The zero-order valence-corrected chi connectivity index (χ0v) is 18.7. The van der Waals surface area contributed by atoms with Crippen molar-refractivity contribution < 1.29 is 45.7 Å². The van der Waals surface area contributed by atoms with Gasteiger partial charge in [0.05, 0.1) is 17.7 Å². The Labute approximate surface area is 195 Å². The van der Waals surface area contributed by atoms with Crippen LogP contribution in [0.1, 0.15) is 38.8 Å². The van der Waals surface area contributed by atoms with Crippen molar-refractivity contribution in [2.24, 2.45) is 11.3 Å². The summed E-state index contributed by atoms with van der Waals surface area (Å²) < 4.78 is 87.6. The van der Waals surface area contributed by atoms with Crippen molar-refractivity contribution in [2.75, 3.05) is 0 Å². The molecule has 4 rings (SSSR count). The Morgan fingerprint density at radius 3 is 2.23 bits per heavy atom. The number of aliphatic hydroxyl groups is 1. The van der Waals surface area contributed by atoms with Crippen LogP contribution in [-0.4, -0.2) is 43.7 Å². The maximum Gasteiger partial charge on any atom is 0.490 e. The predicted molar refractivity (Wildman–Crippen MR) is 111 cm³/mol. The number of fused-ring (bicyclic) bond motifs is 2. The number of hydrogen-bond acceptors (Lipinski definition) is 3. The standard InChI is InChI=1S/C21H22F4N2O.C2HF3O2/c1-19-11-27-12-26-18(13-6-8-15(22)9-7-13)16(27)10-14(19)4-3-5-17(19)20(2,28)21(23,24)25;3-2(4,5)1(6)7/h6-10,12,17,28H,3-5,11H2,1-2H3;(H,6,7)/t17-,19-,20-;/m0./s1. The van der Waals surface area contributed by atoms with Gasteiger partial charge in [-0.05, 0) is 56.5 Å². The Balaban J connectivity index is 0.000000429. The molecule has 3 atom stereocenters. The van der Waals surface area contributed by atoms with E-state index in [1.807, 2.05) is 17.6 Å². The maximum atomic E-state index is 13.6. The molecule has 35 heavy (non-hydrogen) atoms. The molecule has 1 aliphatic carbocycles. The Morgan fingerprint density at radius 1 is 1.14 bits per heavy atom. The summed E-state index contributed by atoms with van der Waals surface area (Å²) in [4.78, 5) is 13.3. The topological polar surface area (TPSA) is 75.3 Å². The highest BCUT2D eigenvalue weighted by Crippen LogP contribution is 2.56. The van der Waals surface area contributed by atoms with E-state index in [4.69, 9.17) is 9.90 Å². The highest BCUT2D eigenvalue weighted by Gasteiger charge is 2.61. The fraction of sp³-hybridized carbons (Fsp3) is 0.478. The smallest absolute Gasteiger partial charge is 0.475 e. The summed E-state index contributed by atoms with van der Waals surface area (Å²) in [7, 11) is 0. The largest absolute Gasteiger partial charge is 0.490 e. The van der Waals surface area contributed by atoms with E-state index >= 15 is 0 Å². The maximum absolute atomic E-state index is 13.6.